The second-order valence-electron chi connectivity index (χ2n) is 7.99. The average molecular weight is 488 g/mol. The molecule has 0 bridgehead atoms. The summed E-state index contributed by atoms with van der Waals surface area (Å²) in [7, 11) is 0. The van der Waals surface area contributed by atoms with Crippen LogP contribution in [0.3, 0.4) is 0 Å². The van der Waals surface area contributed by atoms with E-state index in [0.29, 0.717) is 35.2 Å². The summed E-state index contributed by atoms with van der Waals surface area (Å²) in [6, 6.07) is 23.1. The van der Waals surface area contributed by atoms with Crippen LogP contribution in [-0.2, 0) is 9.59 Å². The van der Waals surface area contributed by atoms with Gasteiger partial charge in [0.2, 0.25) is 11.8 Å². The molecule has 1 aliphatic rings. The van der Waals surface area contributed by atoms with Crippen molar-refractivity contribution in [1.29, 1.82) is 0 Å². The molecule has 0 saturated carbocycles. The minimum Gasteiger partial charge on any atom is -0.325 e. The number of hydrogen-bond acceptors (Lipinski definition) is 5. The van der Waals surface area contributed by atoms with Gasteiger partial charge < -0.3 is 10.2 Å². The Morgan fingerprint density at radius 2 is 1.74 bits per heavy atom. The molecule has 0 unspecified atom stereocenters. The zero-order valence-corrected chi connectivity index (χ0v) is 19.5. The predicted molar refractivity (Wildman–Crippen MR) is 134 cm³/mol. The number of hydrogen-bond donors (Lipinski definition) is 1. The summed E-state index contributed by atoms with van der Waals surface area (Å²) in [4.78, 5) is 26.5. The number of aromatic nitrogens is 3. The molecular formula is C26H22FN5O2S. The number of amides is 2. The first-order valence-electron chi connectivity index (χ1n) is 11.2. The normalized spacial score (nSPS) is 13.3. The van der Waals surface area contributed by atoms with Crippen molar-refractivity contribution in [2.24, 2.45) is 0 Å². The summed E-state index contributed by atoms with van der Waals surface area (Å²) in [5.41, 5.74) is 2.48. The Kier molecular flexibility index (Phi) is 6.58. The quantitative estimate of drug-likeness (QED) is 0.374. The van der Waals surface area contributed by atoms with Gasteiger partial charge in [0.25, 0.3) is 0 Å². The van der Waals surface area contributed by atoms with Gasteiger partial charge in [-0.3, -0.25) is 14.2 Å². The fraction of sp³-hybridized carbons (Fsp3) is 0.154. The van der Waals surface area contributed by atoms with Gasteiger partial charge in [-0.15, -0.1) is 10.2 Å². The van der Waals surface area contributed by atoms with Gasteiger partial charge >= 0.3 is 0 Å². The van der Waals surface area contributed by atoms with Crippen molar-refractivity contribution in [2.75, 3.05) is 22.5 Å². The molecule has 176 valence electrons. The lowest BCUT2D eigenvalue weighted by Gasteiger charge is -2.16. The predicted octanol–water partition coefficient (Wildman–Crippen LogP) is 4.93. The van der Waals surface area contributed by atoms with Crippen LogP contribution in [0.25, 0.3) is 17.1 Å². The van der Waals surface area contributed by atoms with Crippen molar-refractivity contribution in [3.05, 3.63) is 84.7 Å². The van der Waals surface area contributed by atoms with E-state index in [2.05, 4.69) is 15.5 Å². The van der Waals surface area contributed by atoms with Crippen molar-refractivity contribution in [2.45, 2.75) is 18.0 Å². The Bertz CT molecular complexity index is 1380. The summed E-state index contributed by atoms with van der Waals surface area (Å²) in [5, 5.41) is 11.8. The van der Waals surface area contributed by atoms with Crippen molar-refractivity contribution in [1.82, 2.24) is 14.8 Å². The van der Waals surface area contributed by atoms with Gasteiger partial charge in [0, 0.05) is 30.0 Å². The Morgan fingerprint density at radius 3 is 2.51 bits per heavy atom. The summed E-state index contributed by atoms with van der Waals surface area (Å²) in [6.07, 6.45) is 1.38. The zero-order valence-electron chi connectivity index (χ0n) is 18.7. The molecule has 1 saturated heterocycles. The molecule has 35 heavy (non-hydrogen) atoms. The molecule has 2 heterocycles. The lowest BCUT2D eigenvalue weighted by molar-refractivity contribution is -0.117. The number of nitrogens with zero attached hydrogens (tertiary/aromatic N) is 4. The fourth-order valence-corrected chi connectivity index (χ4v) is 4.74. The minimum atomic E-state index is -0.400. The van der Waals surface area contributed by atoms with Gasteiger partial charge in [-0.25, -0.2) is 4.39 Å². The molecular weight excluding hydrogens is 465 g/mol. The van der Waals surface area contributed by atoms with Crippen LogP contribution in [0, 0.1) is 5.82 Å². The first-order valence-corrected chi connectivity index (χ1v) is 12.2. The molecule has 1 N–H and O–H groups in total. The molecule has 1 fully saturated rings. The third kappa shape index (κ3) is 4.95. The van der Waals surface area contributed by atoms with E-state index < -0.39 is 5.82 Å². The summed E-state index contributed by atoms with van der Waals surface area (Å²) >= 11 is 1.21. The zero-order chi connectivity index (χ0) is 24.2. The van der Waals surface area contributed by atoms with Gasteiger partial charge in [-0.05, 0) is 48.9 Å². The Morgan fingerprint density at radius 1 is 0.971 bits per heavy atom. The first-order chi connectivity index (χ1) is 17.1. The molecule has 0 spiro atoms. The van der Waals surface area contributed by atoms with Gasteiger partial charge in [0.15, 0.2) is 11.0 Å². The van der Waals surface area contributed by atoms with Crippen LogP contribution in [0.2, 0.25) is 0 Å². The summed E-state index contributed by atoms with van der Waals surface area (Å²) in [5.74, 6) is -0.0948. The molecule has 0 aliphatic carbocycles. The maximum absolute atomic E-state index is 14.5. The van der Waals surface area contributed by atoms with Crippen molar-refractivity contribution in [3.8, 4) is 17.1 Å². The lowest BCUT2D eigenvalue weighted by Crippen LogP contribution is -2.23. The Balaban J connectivity index is 1.34. The van der Waals surface area contributed by atoms with Gasteiger partial charge in [-0.1, -0.05) is 48.2 Å². The van der Waals surface area contributed by atoms with E-state index in [4.69, 9.17) is 0 Å². The van der Waals surface area contributed by atoms with Crippen molar-refractivity contribution in [3.63, 3.8) is 0 Å². The lowest BCUT2D eigenvalue weighted by atomic mass is 10.2. The average Bonchev–Trinajstić information content (AvgIpc) is 3.50. The van der Waals surface area contributed by atoms with Crippen LogP contribution in [0.1, 0.15) is 12.8 Å². The number of carbonyl (C=O) groups excluding carboxylic acids is 2. The van der Waals surface area contributed by atoms with E-state index in [1.807, 2.05) is 42.5 Å². The molecule has 0 radical (unpaired) electrons. The standard InChI is InChI=1S/C26H22FN5O2S/c27-22-13-5-4-12-21(22)25-29-30-26(32(25)19-9-2-1-3-10-19)35-17-23(33)28-18-8-6-11-20(16-18)31-15-7-14-24(31)34/h1-6,8-13,16H,7,14-15,17H2,(H,28,33). The monoisotopic (exact) mass is 487 g/mol. The van der Waals surface area contributed by atoms with Crippen LogP contribution in [0.15, 0.2) is 84.0 Å². The molecule has 0 atom stereocenters. The highest BCUT2D eigenvalue weighted by atomic mass is 32.2. The van der Waals surface area contributed by atoms with E-state index in [1.165, 1.54) is 17.8 Å². The van der Waals surface area contributed by atoms with Crippen LogP contribution >= 0.6 is 11.8 Å². The fourth-order valence-electron chi connectivity index (χ4n) is 3.99. The highest BCUT2D eigenvalue weighted by Gasteiger charge is 2.22. The van der Waals surface area contributed by atoms with Gasteiger partial charge in [0.1, 0.15) is 5.82 Å². The number of anilines is 2. The summed E-state index contributed by atoms with van der Waals surface area (Å²) < 4.78 is 16.3. The molecule has 1 aliphatic heterocycles. The second-order valence-corrected chi connectivity index (χ2v) is 8.94. The van der Waals surface area contributed by atoms with Crippen LogP contribution in [0.4, 0.5) is 15.8 Å². The molecule has 7 nitrogen and oxygen atoms in total. The van der Waals surface area contributed by atoms with Crippen molar-refractivity contribution < 1.29 is 14.0 Å². The number of halogens is 1. The Labute approximate surface area is 206 Å². The van der Waals surface area contributed by atoms with Gasteiger partial charge in [0.05, 0.1) is 11.3 Å². The smallest absolute Gasteiger partial charge is 0.234 e. The Hall–Kier alpha value is -3.98. The van der Waals surface area contributed by atoms with E-state index in [1.54, 1.807) is 39.8 Å². The van der Waals surface area contributed by atoms with E-state index in [9.17, 15) is 14.0 Å². The number of para-hydroxylation sites is 1. The summed E-state index contributed by atoms with van der Waals surface area (Å²) in [6.45, 7) is 0.686. The maximum Gasteiger partial charge on any atom is 0.234 e. The topological polar surface area (TPSA) is 80.1 Å². The number of carbonyl (C=O) groups is 2. The van der Waals surface area contributed by atoms with Crippen LogP contribution < -0.4 is 10.2 Å². The maximum atomic E-state index is 14.5. The third-order valence-electron chi connectivity index (χ3n) is 5.61. The molecule has 3 aromatic carbocycles. The van der Waals surface area contributed by atoms with Crippen molar-refractivity contribution >= 4 is 35.0 Å². The SMILES string of the molecule is O=C(CSc1nnc(-c2ccccc2F)n1-c1ccccc1)Nc1cccc(N2CCCC2=O)c1. The van der Waals surface area contributed by atoms with E-state index in [0.717, 1.165) is 17.8 Å². The van der Waals surface area contributed by atoms with Crippen LogP contribution in [-0.4, -0.2) is 38.9 Å². The highest BCUT2D eigenvalue weighted by molar-refractivity contribution is 7.99. The van der Waals surface area contributed by atoms with Crippen LogP contribution in [0.5, 0.6) is 0 Å². The molecule has 4 aromatic rings. The number of rotatable bonds is 7. The van der Waals surface area contributed by atoms with Gasteiger partial charge in [-0.2, -0.15) is 0 Å². The second kappa shape index (κ2) is 10.1. The molecule has 2 amide bonds. The number of benzene rings is 3. The van der Waals surface area contributed by atoms with E-state index in [-0.39, 0.29) is 17.6 Å². The number of thioether (sulfide) groups is 1. The minimum absolute atomic E-state index is 0.0785. The molecule has 1 aromatic heterocycles. The molecule has 5 rings (SSSR count). The van der Waals surface area contributed by atoms with E-state index >= 15 is 0 Å². The number of nitrogens with one attached hydrogen (secondary N) is 1. The third-order valence-corrected chi connectivity index (χ3v) is 6.54. The highest BCUT2D eigenvalue weighted by Crippen LogP contribution is 2.30. The molecule has 9 heteroatoms. The first kappa shape index (κ1) is 22.8. The largest absolute Gasteiger partial charge is 0.325 e.